The molecule has 1 aliphatic rings. The van der Waals surface area contributed by atoms with Crippen LogP contribution in [0.2, 0.25) is 0 Å². The summed E-state index contributed by atoms with van der Waals surface area (Å²) in [6.45, 7) is 0.385. The molecule has 1 fully saturated rings. The third kappa shape index (κ3) is 2.21. The summed E-state index contributed by atoms with van der Waals surface area (Å²) in [7, 11) is 0. The molecule has 1 saturated carbocycles. The minimum atomic E-state index is -0.631. The molecular weight excluding hydrogens is 174 g/mol. The highest BCUT2D eigenvalue weighted by atomic mass is 19.1. The predicted octanol–water partition coefficient (Wildman–Crippen LogP) is 1.61. The zero-order valence-corrected chi connectivity index (χ0v) is 7.06. The topological polar surface area (TPSA) is 24.9 Å². The van der Waals surface area contributed by atoms with E-state index in [0.29, 0.717) is 18.2 Å². The Balaban J connectivity index is 2.03. The lowest BCUT2D eigenvalue weighted by Gasteiger charge is -2.03. The van der Waals surface area contributed by atoms with Crippen molar-refractivity contribution in [1.29, 1.82) is 0 Å². The number of aromatic nitrogens is 1. The number of hydrogen-bond donors (Lipinski definition) is 1. The van der Waals surface area contributed by atoms with Crippen LogP contribution in [0.3, 0.4) is 0 Å². The van der Waals surface area contributed by atoms with Crippen LogP contribution in [0.25, 0.3) is 0 Å². The molecule has 0 unspecified atom stereocenters. The van der Waals surface area contributed by atoms with E-state index in [1.54, 1.807) is 0 Å². The Morgan fingerprint density at radius 3 is 2.92 bits per heavy atom. The largest absolute Gasteiger partial charge is 0.310 e. The number of nitrogens with one attached hydrogen (secondary N) is 1. The van der Waals surface area contributed by atoms with Crippen molar-refractivity contribution in [1.82, 2.24) is 10.3 Å². The van der Waals surface area contributed by atoms with E-state index in [9.17, 15) is 8.78 Å². The third-order valence-electron chi connectivity index (χ3n) is 2.06. The molecule has 0 atom stereocenters. The van der Waals surface area contributed by atoms with Gasteiger partial charge in [0.15, 0.2) is 0 Å². The van der Waals surface area contributed by atoms with Crippen molar-refractivity contribution in [3.05, 3.63) is 29.6 Å². The number of rotatable bonds is 3. The standard InChI is InChI=1S/C9H10F2N2/c10-8-5-13-9(11)3-6(8)4-12-7-1-2-7/h3,5,7,12H,1-2,4H2. The molecule has 13 heavy (non-hydrogen) atoms. The van der Waals surface area contributed by atoms with Gasteiger partial charge in [-0.2, -0.15) is 4.39 Å². The van der Waals surface area contributed by atoms with E-state index in [-0.39, 0.29) is 0 Å². The van der Waals surface area contributed by atoms with Gasteiger partial charge < -0.3 is 5.32 Å². The summed E-state index contributed by atoms with van der Waals surface area (Å²) >= 11 is 0. The minimum absolute atomic E-state index is 0.347. The molecule has 0 bridgehead atoms. The van der Waals surface area contributed by atoms with Crippen LogP contribution >= 0.6 is 0 Å². The van der Waals surface area contributed by atoms with Gasteiger partial charge in [-0.1, -0.05) is 0 Å². The summed E-state index contributed by atoms with van der Waals surface area (Å²) in [5.74, 6) is -1.08. The molecule has 0 spiro atoms. The van der Waals surface area contributed by atoms with E-state index in [0.717, 1.165) is 25.1 Å². The van der Waals surface area contributed by atoms with Crippen LogP contribution in [-0.2, 0) is 6.54 Å². The van der Waals surface area contributed by atoms with E-state index in [2.05, 4.69) is 10.3 Å². The Morgan fingerprint density at radius 2 is 2.23 bits per heavy atom. The van der Waals surface area contributed by atoms with Gasteiger partial charge in [0.05, 0.1) is 6.20 Å². The molecule has 1 aromatic heterocycles. The van der Waals surface area contributed by atoms with Gasteiger partial charge in [0.2, 0.25) is 5.95 Å². The molecule has 0 radical (unpaired) electrons. The first-order valence-corrected chi connectivity index (χ1v) is 4.29. The predicted molar refractivity (Wildman–Crippen MR) is 44.0 cm³/mol. The second-order valence-electron chi connectivity index (χ2n) is 3.25. The van der Waals surface area contributed by atoms with Crippen molar-refractivity contribution in [2.45, 2.75) is 25.4 Å². The second-order valence-corrected chi connectivity index (χ2v) is 3.25. The maximum Gasteiger partial charge on any atom is 0.213 e. The number of hydrogen-bond acceptors (Lipinski definition) is 2. The van der Waals surface area contributed by atoms with E-state index < -0.39 is 11.8 Å². The van der Waals surface area contributed by atoms with E-state index in [1.165, 1.54) is 0 Å². The Hall–Kier alpha value is -1.03. The van der Waals surface area contributed by atoms with Gasteiger partial charge in [-0.3, -0.25) is 0 Å². The lowest BCUT2D eigenvalue weighted by Crippen LogP contribution is -2.16. The molecule has 1 aromatic rings. The fourth-order valence-corrected chi connectivity index (χ4v) is 1.13. The van der Waals surface area contributed by atoms with Crippen LogP contribution in [0, 0.1) is 11.8 Å². The molecule has 4 heteroatoms. The molecule has 2 rings (SSSR count). The molecule has 0 aliphatic heterocycles. The summed E-state index contributed by atoms with van der Waals surface area (Å²) in [6, 6.07) is 1.63. The van der Waals surface area contributed by atoms with E-state index >= 15 is 0 Å². The van der Waals surface area contributed by atoms with Crippen molar-refractivity contribution in [3.8, 4) is 0 Å². The Morgan fingerprint density at radius 1 is 1.46 bits per heavy atom. The van der Waals surface area contributed by atoms with Crippen LogP contribution in [0.15, 0.2) is 12.3 Å². The Labute approximate surface area is 75.0 Å². The lowest BCUT2D eigenvalue weighted by atomic mass is 10.2. The molecule has 1 aliphatic carbocycles. The van der Waals surface area contributed by atoms with E-state index in [1.807, 2.05) is 0 Å². The van der Waals surface area contributed by atoms with Crippen molar-refractivity contribution in [3.63, 3.8) is 0 Å². The van der Waals surface area contributed by atoms with Gasteiger partial charge >= 0.3 is 0 Å². The van der Waals surface area contributed by atoms with E-state index in [4.69, 9.17) is 0 Å². The van der Waals surface area contributed by atoms with Crippen molar-refractivity contribution in [2.75, 3.05) is 0 Å². The van der Waals surface area contributed by atoms with Crippen LogP contribution in [0.5, 0.6) is 0 Å². The van der Waals surface area contributed by atoms with Gasteiger partial charge in [-0.15, -0.1) is 0 Å². The molecule has 70 valence electrons. The smallest absolute Gasteiger partial charge is 0.213 e. The summed E-state index contributed by atoms with van der Waals surface area (Å²) in [5, 5.41) is 3.11. The first-order chi connectivity index (χ1) is 6.25. The Kier molecular flexibility index (Phi) is 2.22. The highest BCUT2D eigenvalue weighted by molar-refractivity contribution is 5.13. The normalized spacial score (nSPS) is 16.2. The quantitative estimate of drug-likeness (QED) is 0.722. The maximum atomic E-state index is 13.0. The molecule has 0 saturated heterocycles. The highest BCUT2D eigenvalue weighted by Crippen LogP contribution is 2.19. The summed E-state index contributed by atoms with van der Waals surface area (Å²) in [4.78, 5) is 3.21. The fraction of sp³-hybridized carbons (Fsp3) is 0.444. The lowest BCUT2D eigenvalue weighted by molar-refractivity contribution is 0.539. The molecule has 0 aromatic carbocycles. The van der Waals surface area contributed by atoms with Crippen molar-refractivity contribution >= 4 is 0 Å². The van der Waals surface area contributed by atoms with Crippen LogP contribution in [-0.4, -0.2) is 11.0 Å². The number of nitrogens with zero attached hydrogens (tertiary/aromatic N) is 1. The van der Waals surface area contributed by atoms with Gasteiger partial charge in [-0.25, -0.2) is 9.37 Å². The number of halogens is 2. The first-order valence-electron chi connectivity index (χ1n) is 4.29. The summed E-state index contributed by atoms with van der Waals surface area (Å²) in [5.41, 5.74) is 0.347. The second kappa shape index (κ2) is 3.38. The average molecular weight is 184 g/mol. The third-order valence-corrected chi connectivity index (χ3v) is 2.06. The molecule has 1 N–H and O–H groups in total. The van der Waals surface area contributed by atoms with Crippen LogP contribution in [0.1, 0.15) is 18.4 Å². The molecular formula is C9H10F2N2. The number of pyridine rings is 1. The van der Waals surface area contributed by atoms with Crippen LogP contribution in [0.4, 0.5) is 8.78 Å². The van der Waals surface area contributed by atoms with Gasteiger partial charge in [0.25, 0.3) is 0 Å². The molecule has 1 heterocycles. The van der Waals surface area contributed by atoms with Crippen molar-refractivity contribution < 1.29 is 8.78 Å². The maximum absolute atomic E-state index is 13.0. The zero-order valence-electron chi connectivity index (χ0n) is 7.06. The van der Waals surface area contributed by atoms with Gasteiger partial charge in [0.1, 0.15) is 5.82 Å². The Bertz CT molecular complexity index is 310. The average Bonchev–Trinajstić information content (AvgIpc) is 2.90. The van der Waals surface area contributed by atoms with Gasteiger partial charge in [-0.05, 0) is 12.8 Å². The molecule has 2 nitrogen and oxygen atoms in total. The fourth-order valence-electron chi connectivity index (χ4n) is 1.13. The minimum Gasteiger partial charge on any atom is -0.310 e. The summed E-state index contributed by atoms with van der Waals surface area (Å²) < 4.78 is 25.6. The monoisotopic (exact) mass is 184 g/mol. The van der Waals surface area contributed by atoms with Crippen molar-refractivity contribution in [2.24, 2.45) is 0 Å². The first kappa shape index (κ1) is 8.56. The highest BCUT2D eigenvalue weighted by Gasteiger charge is 2.20. The molecule has 0 amide bonds. The van der Waals surface area contributed by atoms with Crippen LogP contribution < -0.4 is 5.32 Å². The zero-order chi connectivity index (χ0) is 9.26. The SMILES string of the molecule is Fc1cc(CNC2CC2)c(F)cn1. The summed E-state index contributed by atoms with van der Waals surface area (Å²) in [6.07, 6.45) is 3.18. The van der Waals surface area contributed by atoms with Gasteiger partial charge in [0, 0.05) is 24.2 Å².